The van der Waals surface area contributed by atoms with Gasteiger partial charge < -0.3 is 14.2 Å². The normalized spacial score (nSPS) is 10.3. The van der Waals surface area contributed by atoms with E-state index in [4.69, 9.17) is 14.2 Å². The van der Waals surface area contributed by atoms with Crippen LogP contribution in [0.5, 0.6) is 0 Å². The summed E-state index contributed by atoms with van der Waals surface area (Å²) in [6, 6.07) is 0. The molecule has 0 radical (unpaired) electrons. The summed E-state index contributed by atoms with van der Waals surface area (Å²) < 4.78 is 14.6. The van der Waals surface area contributed by atoms with Crippen molar-refractivity contribution in [3.63, 3.8) is 0 Å². The van der Waals surface area contributed by atoms with Crippen LogP contribution in [0.25, 0.3) is 0 Å². The number of unbranched alkanes of at least 4 members (excludes halogenated alkanes) is 5. The molecule has 5 heteroatoms. The third-order valence-corrected chi connectivity index (χ3v) is 2.84. The first-order chi connectivity index (χ1) is 9.70. The van der Waals surface area contributed by atoms with Crippen LogP contribution in [0.3, 0.4) is 0 Å². The Bertz CT molecular complexity index is 253. The van der Waals surface area contributed by atoms with Gasteiger partial charge in [-0.2, -0.15) is 0 Å². The number of rotatable bonds is 13. The van der Waals surface area contributed by atoms with Crippen molar-refractivity contribution >= 4 is 11.9 Å². The second-order valence-electron chi connectivity index (χ2n) is 4.70. The molecule has 0 atom stereocenters. The van der Waals surface area contributed by atoms with Crippen molar-refractivity contribution in [1.29, 1.82) is 0 Å². The summed E-state index contributed by atoms with van der Waals surface area (Å²) in [4.78, 5) is 22.6. The van der Waals surface area contributed by atoms with E-state index in [1.807, 2.05) is 0 Å². The highest BCUT2D eigenvalue weighted by Crippen LogP contribution is 2.05. The van der Waals surface area contributed by atoms with E-state index in [9.17, 15) is 9.59 Å². The number of ether oxygens (including phenoxy) is 3. The van der Waals surface area contributed by atoms with Crippen LogP contribution in [0.4, 0.5) is 0 Å². The standard InChI is InChI=1S/C15H28O5/c1-3-4-5-6-7-8-11-19-14(16)9-10-15(17)20-13-12-18-2/h3-13H2,1-2H3. The molecule has 0 aromatic rings. The number of hydrogen-bond donors (Lipinski definition) is 0. The Kier molecular flexibility index (Phi) is 13.5. The zero-order chi connectivity index (χ0) is 15.1. The summed E-state index contributed by atoms with van der Waals surface area (Å²) in [7, 11) is 1.54. The van der Waals surface area contributed by atoms with Crippen LogP contribution in [0.2, 0.25) is 0 Å². The molecule has 0 fully saturated rings. The van der Waals surface area contributed by atoms with Crippen LogP contribution in [0.15, 0.2) is 0 Å². The molecule has 20 heavy (non-hydrogen) atoms. The highest BCUT2D eigenvalue weighted by molar-refractivity contribution is 5.77. The maximum atomic E-state index is 11.4. The van der Waals surface area contributed by atoms with E-state index in [2.05, 4.69) is 6.92 Å². The van der Waals surface area contributed by atoms with Gasteiger partial charge in [0.1, 0.15) is 6.61 Å². The molecule has 0 spiro atoms. The molecule has 0 amide bonds. The fourth-order valence-electron chi connectivity index (χ4n) is 1.66. The molecule has 0 aromatic heterocycles. The first kappa shape index (κ1) is 18.9. The molecular weight excluding hydrogens is 260 g/mol. The number of carbonyl (C=O) groups is 2. The maximum Gasteiger partial charge on any atom is 0.306 e. The Morgan fingerprint density at radius 1 is 0.750 bits per heavy atom. The van der Waals surface area contributed by atoms with Gasteiger partial charge in [0.2, 0.25) is 0 Å². The molecule has 0 saturated heterocycles. The van der Waals surface area contributed by atoms with E-state index < -0.39 is 5.97 Å². The predicted molar refractivity (Wildman–Crippen MR) is 76.4 cm³/mol. The van der Waals surface area contributed by atoms with Crippen molar-refractivity contribution in [2.45, 2.75) is 58.3 Å². The van der Waals surface area contributed by atoms with Gasteiger partial charge >= 0.3 is 11.9 Å². The van der Waals surface area contributed by atoms with E-state index in [1.54, 1.807) is 0 Å². The van der Waals surface area contributed by atoms with E-state index in [-0.39, 0.29) is 25.4 Å². The van der Waals surface area contributed by atoms with Crippen molar-refractivity contribution in [2.75, 3.05) is 26.9 Å². The third kappa shape index (κ3) is 13.3. The molecule has 0 rings (SSSR count). The second kappa shape index (κ2) is 14.3. The minimum absolute atomic E-state index is 0.0685. The smallest absolute Gasteiger partial charge is 0.306 e. The van der Waals surface area contributed by atoms with Gasteiger partial charge in [0, 0.05) is 7.11 Å². The summed E-state index contributed by atoms with van der Waals surface area (Å²) in [6.07, 6.45) is 7.08. The molecule has 0 aliphatic rings. The Labute approximate surface area is 122 Å². The summed E-state index contributed by atoms with van der Waals surface area (Å²) >= 11 is 0. The van der Waals surface area contributed by atoms with E-state index in [1.165, 1.54) is 32.8 Å². The zero-order valence-electron chi connectivity index (χ0n) is 12.8. The van der Waals surface area contributed by atoms with Crippen LogP contribution in [0, 0.1) is 0 Å². The van der Waals surface area contributed by atoms with Crippen molar-refractivity contribution in [2.24, 2.45) is 0 Å². The monoisotopic (exact) mass is 288 g/mol. The molecule has 5 nitrogen and oxygen atoms in total. The Morgan fingerprint density at radius 2 is 1.30 bits per heavy atom. The van der Waals surface area contributed by atoms with Crippen molar-refractivity contribution < 1.29 is 23.8 Å². The molecule has 118 valence electrons. The fraction of sp³-hybridized carbons (Fsp3) is 0.867. The van der Waals surface area contributed by atoms with Gasteiger partial charge in [-0.1, -0.05) is 39.0 Å². The Balaban J connectivity index is 3.34. The van der Waals surface area contributed by atoms with Gasteiger partial charge in [0.15, 0.2) is 0 Å². The molecule has 0 aliphatic heterocycles. The lowest BCUT2D eigenvalue weighted by Crippen LogP contribution is -2.13. The highest BCUT2D eigenvalue weighted by Gasteiger charge is 2.08. The van der Waals surface area contributed by atoms with Gasteiger partial charge in [-0.15, -0.1) is 0 Å². The molecule has 0 bridgehead atoms. The SMILES string of the molecule is CCCCCCCCOC(=O)CCC(=O)OCCOC. The van der Waals surface area contributed by atoms with Crippen molar-refractivity contribution in [3.8, 4) is 0 Å². The summed E-state index contributed by atoms with van der Waals surface area (Å²) in [5.74, 6) is -0.721. The van der Waals surface area contributed by atoms with Crippen LogP contribution >= 0.6 is 0 Å². The molecule has 0 N–H and O–H groups in total. The van der Waals surface area contributed by atoms with Crippen LogP contribution in [-0.2, 0) is 23.8 Å². The Hall–Kier alpha value is -1.10. The summed E-state index contributed by atoms with van der Waals surface area (Å²) in [5.41, 5.74) is 0. The molecule has 0 heterocycles. The first-order valence-corrected chi connectivity index (χ1v) is 7.50. The largest absolute Gasteiger partial charge is 0.466 e. The van der Waals surface area contributed by atoms with Crippen LogP contribution in [-0.4, -0.2) is 38.9 Å². The average Bonchev–Trinajstić information content (AvgIpc) is 2.44. The summed E-state index contributed by atoms with van der Waals surface area (Å²) in [5, 5.41) is 0. The predicted octanol–water partition coefficient (Wildman–Crippen LogP) is 2.86. The van der Waals surface area contributed by atoms with E-state index >= 15 is 0 Å². The number of hydrogen-bond acceptors (Lipinski definition) is 5. The molecule has 0 saturated carbocycles. The molecule has 0 unspecified atom stereocenters. The second-order valence-corrected chi connectivity index (χ2v) is 4.70. The number of methoxy groups -OCH3 is 1. The maximum absolute atomic E-state index is 11.4. The minimum atomic E-state index is -0.390. The lowest BCUT2D eigenvalue weighted by Gasteiger charge is -2.05. The minimum Gasteiger partial charge on any atom is -0.466 e. The zero-order valence-corrected chi connectivity index (χ0v) is 12.8. The van der Waals surface area contributed by atoms with E-state index in [0.717, 1.165) is 12.8 Å². The summed E-state index contributed by atoms with van der Waals surface area (Å²) in [6.45, 7) is 3.22. The fourth-order valence-corrected chi connectivity index (χ4v) is 1.66. The number of esters is 2. The highest BCUT2D eigenvalue weighted by atomic mass is 16.6. The Morgan fingerprint density at radius 3 is 1.90 bits per heavy atom. The molecule has 0 aromatic carbocycles. The van der Waals surface area contributed by atoms with Crippen molar-refractivity contribution in [1.82, 2.24) is 0 Å². The third-order valence-electron chi connectivity index (χ3n) is 2.84. The average molecular weight is 288 g/mol. The van der Waals surface area contributed by atoms with E-state index in [0.29, 0.717) is 13.2 Å². The first-order valence-electron chi connectivity index (χ1n) is 7.50. The van der Waals surface area contributed by atoms with Gasteiger partial charge in [0.05, 0.1) is 26.1 Å². The van der Waals surface area contributed by atoms with Gasteiger partial charge in [-0.05, 0) is 6.42 Å². The van der Waals surface area contributed by atoms with Crippen LogP contribution in [0.1, 0.15) is 58.3 Å². The number of carbonyl (C=O) groups excluding carboxylic acids is 2. The quantitative estimate of drug-likeness (QED) is 0.385. The topological polar surface area (TPSA) is 61.8 Å². The molecular formula is C15H28O5. The lowest BCUT2D eigenvalue weighted by molar-refractivity contribution is -0.151. The van der Waals surface area contributed by atoms with Gasteiger partial charge in [0.25, 0.3) is 0 Å². The van der Waals surface area contributed by atoms with Crippen molar-refractivity contribution in [3.05, 3.63) is 0 Å². The van der Waals surface area contributed by atoms with Crippen LogP contribution < -0.4 is 0 Å². The van der Waals surface area contributed by atoms with Gasteiger partial charge in [-0.25, -0.2) is 0 Å². The lowest BCUT2D eigenvalue weighted by atomic mass is 10.1. The molecule has 0 aliphatic carbocycles. The van der Waals surface area contributed by atoms with Gasteiger partial charge in [-0.3, -0.25) is 9.59 Å².